The highest BCUT2D eigenvalue weighted by Gasteiger charge is 2.25. The topological polar surface area (TPSA) is 99.6 Å². The van der Waals surface area contributed by atoms with Gasteiger partial charge in [0.1, 0.15) is 6.10 Å². The van der Waals surface area contributed by atoms with Gasteiger partial charge in [-0.25, -0.2) is 4.79 Å². The Morgan fingerprint density at radius 1 is 1.15 bits per heavy atom. The minimum Gasteiger partial charge on any atom is -0.459 e. The molecule has 0 amide bonds. The van der Waals surface area contributed by atoms with E-state index in [9.17, 15) is 4.79 Å². The molecule has 5 N–H and O–H groups in total. The van der Waals surface area contributed by atoms with Gasteiger partial charge in [-0.2, -0.15) is 0 Å². The molecule has 0 radical (unpaired) electrons. The number of carbonyl (C=O) groups excluding carboxylic acids is 1. The number of anilines is 2. The Balaban J connectivity index is 1.79. The summed E-state index contributed by atoms with van der Waals surface area (Å²) in [5.41, 5.74) is 16.4. The Labute approximate surface area is 154 Å². The molecule has 0 bridgehead atoms. The third-order valence-corrected chi connectivity index (χ3v) is 4.14. The average molecular weight is 357 g/mol. The van der Waals surface area contributed by atoms with Crippen molar-refractivity contribution >= 4 is 17.3 Å². The Kier molecular flexibility index (Phi) is 7.29. The maximum absolute atomic E-state index is 12.3. The first kappa shape index (κ1) is 19.6. The van der Waals surface area contributed by atoms with E-state index >= 15 is 0 Å². The van der Waals surface area contributed by atoms with E-state index in [2.05, 4.69) is 12.1 Å². The zero-order chi connectivity index (χ0) is 18.9. The maximum Gasteiger partial charge on any atom is 0.338 e. The van der Waals surface area contributed by atoms with E-state index in [0.29, 0.717) is 16.9 Å². The molecule has 0 unspecified atom stereocenters. The molecule has 140 valence electrons. The molecule has 0 atom stereocenters. The second-order valence-corrected chi connectivity index (χ2v) is 6.26. The predicted octanol–water partition coefficient (Wildman–Crippen LogP) is 3.49. The first-order valence-corrected chi connectivity index (χ1v) is 8.76. The summed E-state index contributed by atoms with van der Waals surface area (Å²) in [5.74, 6) is -0.394. The highest BCUT2D eigenvalue weighted by atomic mass is 16.7. The molecule has 1 aliphatic rings. The summed E-state index contributed by atoms with van der Waals surface area (Å²) in [4.78, 5) is 18.0. The van der Waals surface area contributed by atoms with Gasteiger partial charge in [-0.05, 0) is 63.0 Å². The van der Waals surface area contributed by atoms with E-state index in [1.807, 2.05) is 25.2 Å². The molecule has 1 aliphatic carbocycles. The molecule has 26 heavy (non-hydrogen) atoms. The standard InChI is InChI=1S/C20H27N3O3/c1-3-5-6-17(4-2)23-26-19-9-7-18(8-10-19)25-20(24)14-11-15(21)13-16(22)12-14/h3-6,11-13,18-19,23H,2,7-10,21-22H2,1H3/b5-3-,17-6+. The van der Waals surface area contributed by atoms with E-state index in [4.69, 9.17) is 21.0 Å². The monoisotopic (exact) mass is 357 g/mol. The summed E-state index contributed by atoms with van der Waals surface area (Å²) < 4.78 is 5.57. The van der Waals surface area contributed by atoms with E-state index in [0.717, 1.165) is 31.4 Å². The lowest BCUT2D eigenvalue weighted by Crippen LogP contribution is -2.31. The van der Waals surface area contributed by atoms with Crippen molar-refractivity contribution in [3.63, 3.8) is 0 Å². The van der Waals surface area contributed by atoms with Crippen molar-refractivity contribution in [1.29, 1.82) is 0 Å². The van der Waals surface area contributed by atoms with Gasteiger partial charge in [0.2, 0.25) is 0 Å². The van der Waals surface area contributed by atoms with Crippen LogP contribution in [0.2, 0.25) is 0 Å². The zero-order valence-electron chi connectivity index (χ0n) is 15.1. The Hall–Kier alpha value is -2.73. The third kappa shape index (κ3) is 5.97. The van der Waals surface area contributed by atoms with Gasteiger partial charge in [-0.3, -0.25) is 10.3 Å². The Morgan fingerprint density at radius 3 is 2.35 bits per heavy atom. The third-order valence-electron chi connectivity index (χ3n) is 4.14. The van der Waals surface area contributed by atoms with Crippen LogP contribution in [0.1, 0.15) is 43.0 Å². The number of carbonyl (C=O) groups is 1. The van der Waals surface area contributed by atoms with Crippen molar-refractivity contribution in [2.24, 2.45) is 0 Å². The average Bonchev–Trinajstić information content (AvgIpc) is 2.62. The van der Waals surface area contributed by atoms with Crippen molar-refractivity contribution < 1.29 is 14.4 Å². The van der Waals surface area contributed by atoms with Crippen LogP contribution in [0.5, 0.6) is 0 Å². The number of hydroxylamine groups is 1. The summed E-state index contributed by atoms with van der Waals surface area (Å²) >= 11 is 0. The van der Waals surface area contributed by atoms with E-state index in [1.165, 1.54) is 0 Å². The fourth-order valence-corrected chi connectivity index (χ4v) is 2.78. The normalized spacial score (nSPS) is 20.7. The molecular weight excluding hydrogens is 330 g/mol. The molecule has 1 saturated carbocycles. The molecule has 1 aromatic carbocycles. The Morgan fingerprint density at radius 2 is 1.77 bits per heavy atom. The number of esters is 1. The van der Waals surface area contributed by atoms with Gasteiger partial charge in [0.15, 0.2) is 0 Å². The molecule has 2 rings (SSSR count). The summed E-state index contributed by atoms with van der Waals surface area (Å²) in [6, 6.07) is 4.76. The van der Waals surface area contributed by atoms with Crippen molar-refractivity contribution in [3.8, 4) is 0 Å². The highest BCUT2D eigenvalue weighted by molar-refractivity contribution is 5.91. The SMILES string of the molecule is C=C/C(=C\C=C/C)NOC1CCC(OC(=O)c2cc(N)cc(N)c2)CC1. The number of nitrogen functional groups attached to an aromatic ring is 2. The summed E-state index contributed by atoms with van der Waals surface area (Å²) in [6.07, 6.45) is 10.5. The number of allylic oxidation sites excluding steroid dienone is 4. The summed E-state index contributed by atoms with van der Waals surface area (Å²) in [6.45, 7) is 5.69. The predicted molar refractivity (Wildman–Crippen MR) is 104 cm³/mol. The van der Waals surface area contributed by atoms with Crippen molar-refractivity contribution in [1.82, 2.24) is 5.48 Å². The second-order valence-electron chi connectivity index (χ2n) is 6.26. The lowest BCUT2D eigenvalue weighted by molar-refractivity contribution is -0.0503. The van der Waals surface area contributed by atoms with Crippen LogP contribution in [0.15, 0.2) is 54.8 Å². The number of ether oxygens (including phenoxy) is 1. The number of hydrogen-bond acceptors (Lipinski definition) is 6. The lowest BCUT2D eigenvalue weighted by atomic mass is 9.95. The van der Waals surface area contributed by atoms with Gasteiger partial charge in [-0.15, -0.1) is 0 Å². The molecule has 0 aliphatic heterocycles. The van der Waals surface area contributed by atoms with Crippen LogP contribution in [0.3, 0.4) is 0 Å². The minimum absolute atomic E-state index is 0.0712. The number of benzene rings is 1. The van der Waals surface area contributed by atoms with Crippen molar-refractivity contribution in [2.45, 2.75) is 44.8 Å². The van der Waals surface area contributed by atoms with E-state index < -0.39 is 5.97 Å². The van der Waals surface area contributed by atoms with Gasteiger partial charge in [0, 0.05) is 11.4 Å². The fraction of sp³-hybridized carbons (Fsp3) is 0.350. The number of rotatable bonds is 7. The second kappa shape index (κ2) is 9.68. The van der Waals surface area contributed by atoms with E-state index in [-0.39, 0.29) is 12.2 Å². The largest absolute Gasteiger partial charge is 0.459 e. The van der Waals surface area contributed by atoms with Crippen LogP contribution in [0.4, 0.5) is 11.4 Å². The number of nitrogens with one attached hydrogen (secondary N) is 1. The fourth-order valence-electron chi connectivity index (χ4n) is 2.78. The molecule has 0 aromatic heterocycles. The molecule has 6 heteroatoms. The number of nitrogens with two attached hydrogens (primary N) is 2. The molecular formula is C20H27N3O3. The van der Waals surface area contributed by atoms with Crippen LogP contribution in [-0.2, 0) is 9.57 Å². The zero-order valence-corrected chi connectivity index (χ0v) is 15.1. The molecule has 1 aromatic rings. The molecule has 0 heterocycles. The first-order chi connectivity index (χ1) is 12.5. The Bertz CT molecular complexity index is 669. The van der Waals surface area contributed by atoms with Gasteiger partial charge >= 0.3 is 5.97 Å². The maximum atomic E-state index is 12.3. The van der Waals surface area contributed by atoms with Crippen molar-refractivity contribution in [2.75, 3.05) is 11.5 Å². The smallest absolute Gasteiger partial charge is 0.338 e. The molecule has 1 fully saturated rings. The van der Waals surface area contributed by atoms with Gasteiger partial charge < -0.3 is 16.2 Å². The van der Waals surface area contributed by atoms with Crippen LogP contribution in [-0.4, -0.2) is 18.2 Å². The molecule has 0 spiro atoms. The van der Waals surface area contributed by atoms with Crippen LogP contribution in [0.25, 0.3) is 0 Å². The molecule has 0 saturated heterocycles. The molecule has 6 nitrogen and oxygen atoms in total. The van der Waals surface area contributed by atoms with Gasteiger partial charge in [0.25, 0.3) is 0 Å². The highest BCUT2D eigenvalue weighted by Crippen LogP contribution is 2.25. The minimum atomic E-state index is -0.394. The van der Waals surface area contributed by atoms with Crippen LogP contribution < -0.4 is 16.9 Å². The first-order valence-electron chi connectivity index (χ1n) is 8.76. The van der Waals surface area contributed by atoms with Crippen LogP contribution >= 0.6 is 0 Å². The number of hydrogen-bond donors (Lipinski definition) is 3. The van der Waals surface area contributed by atoms with E-state index in [1.54, 1.807) is 24.3 Å². The lowest BCUT2D eigenvalue weighted by Gasteiger charge is -2.28. The quantitative estimate of drug-likeness (QED) is 0.299. The van der Waals surface area contributed by atoms with Gasteiger partial charge in [0.05, 0.1) is 17.4 Å². The van der Waals surface area contributed by atoms with Crippen molar-refractivity contribution in [3.05, 3.63) is 60.3 Å². The summed E-state index contributed by atoms with van der Waals surface area (Å²) in [5, 5.41) is 0. The summed E-state index contributed by atoms with van der Waals surface area (Å²) in [7, 11) is 0. The van der Waals surface area contributed by atoms with Gasteiger partial charge in [-0.1, -0.05) is 18.7 Å². The van der Waals surface area contributed by atoms with Crippen LogP contribution in [0, 0.1) is 0 Å².